The van der Waals surface area contributed by atoms with Crippen molar-refractivity contribution in [1.29, 1.82) is 0 Å². The Morgan fingerprint density at radius 3 is 2.50 bits per heavy atom. The standard InChI is InChI=1S/C22H28N2O6/c1-27-18-6-4-5-15(20(18)28-2)16-13-14-7-8-17(19(16)21(25)29-3)24(14)22(26)23-9-11-30-12-10-23/h4-6,14,17H,7-13H2,1-3H3/t14-,17+/m0/s1. The Bertz CT molecular complexity index is 861. The number of hydrogen-bond acceptors (Lipinski definition) is 6. The van der Waals surface area contributed by atoms with Crippen molar-refractivity contribution in [3.8, 4) is 11.5 Å². The van der Waals surface area contributed by atoms with Gasteiger partial charge in [-0.3, -0.25) is 0 Å². The van der Waals surface area contributed by atoms with E-state index in [1.807, 2.05) is 28.0 Å². The Hall–Kier alpha value is -2.74. The van der Waals surface area contributed by atoms with Crippen molar-refractivity contribution in [2.45, 2.75) is 31.3 Å². The molecule has 2 bridgehead atoms. The van der Waals surface area contributed by atoms with Crippen LogP contribution in [0.25, 0.3) is 5.57 Å². The third-order valence-corrected chi connectivity index (χ3v) is 6.24. The second-order valence-electron chi connectivity index (χ2n) is 7.67. The van der Waals surface area contributed by atoms with Crippen molar-refractivity contribution in [2.75, 3.05) is 47.6 Å². The molecule has 2 amide bonds. The molecule has 0 aromatic heterocycles. The Balaban J connectivity index is 1.78. The number of benzene rings is 1. The average molecular weight is 416 g/mol. The van der Waals surface area contributed by atoms with Crippen LogP contribution in [0.1, 0.15) is 24.8 Å². The number of morpholine rings is 1. The normalized spacial score (nSPS) is 23.4. The first kappa shape index (κ1) is 20.5. The molecule has 1 aromatic rings. The van der Waals surface area contributed by atoms with Crippen molar-refractivity contribution in [3.05, 3.63) is 29.3 Å². The SMILES string of the molecule is COC(=O)C1=C(c2cccc(OC)c2OC)C[C@@H]2CC[C@H]1N2C(=O)N1CCOCC1. The molecule has 0 aliphatic carbocycles. The fourth-order valence-electron chi connectivity index (χ4n) is 4.87. The van der Waals surface area contributed by atoms with Crippen LogP contribution in [0.2, 0.25) is 0 Å². The van der Waals surface area contributed by atoms with Crippen molar-refractivity contribution < 1.29 is 28.5 Å². The predicted octanol–water partition coefficient (Wildman–Crippen LogP) is 2.32. The lowest BCUT2D eigenvalue weighted by Crippen LogP contribution is -2.54. The number of carbonyl (C=O) groups is 2. The van der Waals surface area contributed by atoms with E-state index in [9.17, 15) is 9.59 Å². The third-order valence-electron chi connectivity index (χ3n) is 6.24. The molecule has 3 heterocycles. The van der Waals surface area contributed by atoms with Gasteiger partial charge in [0.1, 0.15) is 0 Å². The molecule has 8 heteroatoms. The van der Waals surface area contributed by atoms with Gasteiger partial charge in [-0.1, -0.05) is 12.1 Å². The molecule has 0 saturated carbocycles. The van der Waals surface area contributed by atoms with Gasteiger partial charge in [0, 0.05) is 24.7 Å². The summed E-state index contributed by atoms with van der Waals surface area (Å²) in [7, 11) is 4.56. The summed E-state index contributed by atoms with van der Waals surface area (Å²) in [5.74, 6) is 0.787. The van der Waals surface area contributed by atoms with Gasteiger partial charge in [0.2, 0.25) is 0 Å². The maximum absolute atomic E-state index is 13.3. The maximum Gasteiger partial charge on any atom is 0.336 e. The number of carbonyl (C=O) groups excluding carboxylic acids is 2. The van der Waals surface area contributed by atoms with Gasteiger partial charge in [0.25, 0.3) is 0 Å². The third kappa shape index (κ3) is 3.39. The number of fused-ring (bicyclic) bond motifs is 2. The predicted molar refractivity (Wildman–Crippen MR) is 110 cm³/mol. The summed E-state index contributed by atoms with van der Waals surface area (Å²) in [5, 5.41) is 0. The first-order valence-electron chi connectivity index (χ1n) is 10.3. The quantitative estimate of drug-likeness (QED) is 0.701. The van der Waals surface area contributed by atoms with Crippen LogP contribution < -0.4 is 9.47 Å². The summed E-state index contributed by atoms with van der Waals surface area (Å²) in [5.41, 5.74) is 2.23. The summed E-state index contributed by atoms with van der Waals surface area (Å²) in [6, 6.07) is 5.34. The summed E-state index contributed by atoms with van der Waals surface area (Å²) < 4.78 is 21.6. The first-order chi connectivity index (χ1) is 14.6. The van der Waals surface area contributed by atoms with E-state index in [4.69, 9.17) is 18.9 Å². The summed E-state index contributed by atoms with van der Waals surface area (Å²) >= 11 is 0. The summed E-state index contributed by atoms with van der Waals surface area (Å²) in [4.78, 5) is 29.9. The largest absolute Gasteiger partial charge is 0.493 e. The number of hydrogen-bond donors (Lipinski definition) is 0. The van der Waals surface area contributed by atoms with E-state index in [0.717, 1.165) is 24.0 Å². The molecular weight excluding hydrogens is 388 g/mol. The topological polar surface area (TPSA) is 77.5 Å². The molecule has 0 radical (unpaired) electrons. The zero-order valence-corrected chi connectivity index (χ0v) is 17.7. The van der Waals surface area contributed by atoms with Gasteiger partial charge in [0.15, 0.2) is 11.5 Å². The lowest BCUT2D eigenvalue weighted by molar-refractivity contribution is -0.136. The molecule has 8 nitrogen and oxygen atoms in total. The highest BCUT2D eigenvalue weighted by Gasteiger charge is 2.48. The highest BCUT2D eigenvalue weighted by Crippen LogP contribution is 2.47. The molecule has 2 saturated heterocycles. The molecule has 3 aliphatic rings. The Labute approximate surface area is 176 Å². The van der Waals surface area contributed by atoms with Crippen molar-refractivity contribution in [1.82, 2.24) is 9.80 Å². The van der Waals surface area contributed by atoms with Crippen LogP contribution in [-0.2, 0) is 14.3 Å². The van der Waals surface area contributed by atoms with Gasteiger partial charge < -0.3 is 28.7 Å². The second-order valence-corrected chi connectivity index (χ2v) is 7.67. The van der Waals surface area contributed by atoms with E-state index in [-0.39, 0.29) is 18.1 Å². The smallest absolute Gasteiger partial charge is 0.336 e. The molecule has 2 fully saturated rings. The number of esters is 1. The molecule has 162 valence electrons. The zero-order valence-electron chi connectivity index (χ0n) is 17.7. The molecule has 4 rings (SSSR count). The van der Waals surface area contributed by atoms with E-state index >= 15 is 0 Å². The van der Waals surface area contributed by atoms with Crippen LogP contribution in [0.5, 0.6) is 11.5 Å². The van der Waals surface area contributed by atoms with E-state index in [2.05, 4.69) is 0 Å². The van der Waals surface area contributed by atoms with Gasteiger partial charge in [-0.05, 0) is 30.9 Å². The van der Waals surface area contributed by atoms with Crippen molar-refractivity contribution >= 4 is 17.6 Å². The number of para-hydroxylation sites is 1. The van der Waals surface area contributed by atoms with Crippen LogP contribution in [-0.4, -0.2) is 81.5 Å². The highest BCUT2D eigenvalue weighted by molar-refractivity contribution is 6.01. The number of ether oxygens (including phenoxy) is 4. The van der Waals surface area contributed by atoms with Gasteiger partial charge in [0.05, 0.1) is 46.2 Å². The molecule has 0 N–H and O–H groups in total. The van der Waals surface area contributed by atoms with Crippen molar-refractivity contribution in [2.24, 2.45) is 0 Å². The van der Waals surface area contributed by atoms with Crippen LogP contribution in [0.15, 0.2) is 23.8 Å². The number of methoxy groups -OCH3 is 3. The monoisotopic (exact) mass is 416 g/mol. The fraction of sp³-hybridized carbons (Fsp3) is 0.545. The van der Waals surface area contributed by atoms with Crippen LogP contribution in [0.3, 0.4) is 0 Å². The lowest BCUT2D eigenvalue weighted by Gasteiger charge is -2.41. The Morgan fingerprint density at radius 2 is 1.83 bits per heavy atom. The molecule has 0 unspecified atom stereocenters. The zero-order chi connectivity index (χ0) is 21.3. The minimum Gasteiger partial charge on any atom is -0.493 e. The first-order valence-corrected chi connectivity index (χ1v) is 10.3. The minimum atomic E-state index is -0.403. The Morgan fingerprint density at radius 1 is 1.07 bits per heavy atom. The average Bonchev–Trinajstić information content (AvgIpc) is 3.10. The molecule has 3 aliphatic heterocycles. The number of urea groups is 1. The van der Waals surface area contributed by atoms with Crippen LogP contribution >= 0.6 is 0 Å². The fourth-order valence-corrected chi connectivity index (χ4v) is 4.87. The van der Waals surface area contributed by atoms with E-state index in [1.165, 1.54) is 7.11 Å². The molecule has 1 aromatic carbocycles. The summed E-state index contributed by atoms with van der Waals surface area (Å²) in [6.07, 6.45) is 2.15. The van der Waals surface area contributed by atoms with Crippen LogP contribution in [0.4, 0.5) is 4.79 Å². The van der Waals surface area contributed by atoms with E-state index in [0.29, 0.717) is 49.8 Å². The van der Waals surface area contributed by atoms with E-state index < -0.39 is 5.97 Å². The minimum absolute atomic E-state index is 0.0242. The maximum atomic E-state index is 13.3. The molecule has 2 atom stereocenters. The number of amides is 2. The number of nitrogens with zero attached hydrogens (tertiary/aromatic N) is 2. The van der Waals surface area contributed by atoms with Gasteiger partial charge >= 0.3 is 12.0 Å². The number of rotatable bonds is 4. The van der Waals surface area contributed by atoms with Crippen molar-refractivity contribution in [3.63, 3.8) is 0 Å². The highest BCUT2D eigenvalue weighted by atomic mass is 16.5. The van der Waals surface area contributed by atoms with E-state index in [1.54, 1.807) is 14.2 Å². The Kier molecular flexibility index (Phi) is 5.85. The molecule has 0 spiro atoms. The molecule has 30 heavy (non-hydrogen) atoms. The second kappa shape index (κ2) is 8.55. The van der Waals surface area contributed by atoms with Gasteiger partial charge in [-0.25, -0.2) is 9.59 Å². The molecular formula is C22H28N2O6. The van der Waals surface area contributed by atoms with Crippen LogP contribution in [0, 0.1) is 0 Å². The lowest BCUT2D eigenvalue weighted by atomic mass is 9.87. The van der Waals surface area contributed by atoms with Gasteiger partial charge in [-0.2, -0.15) is 0 Å². The summed E-state index contributed by atoms with van der Waals surface area (Å²) in [6.45, 7) is 2.23. The van der Waals surface area contributed by atoms with Gasteiger partial charge in [-0.15, -0.1) is 0 Å².